The van der Waals surface area contributed by atoms with E-state index in [1.807, 2.05) is 19.1 Å². The molecule has 0 unspecified atom stereocenters. The SMILES string of the molecule is Cc1ccc(NC(=O)NC2CCN(CC#N)CC2)cc1Cl. The number of aryl methyl sites for hydroxylation is 1. The van der Waals surface area contributed by atoms with Gasteiger partial charge in [0.05, 0.1) is 12.6 Å². The van der Waals surface area contributed by atoms with Gasteiger partial charge in [0.1, 0.15) is 0 Å². The fourth-order valence-corrected chi connectivity index (χ4v) is 2.54. The number of urea groups is 1. The molecule has 1 aromatic carbocycles. The van der Waals surface area contributed by atoms with Crippen LogP contribution in [-0.2, 0) is 0 Å². The number of nitrogens with one attached hydrogen (secondary N) is 2. The van der Waals surface area contributed by atoms with Gasteiger partial charge in [0, 0.05) is 29.8 Å². The smallest absolute Gasteiger partial charge is 0.319 e. The summed E-state index contributed by atoms with van der Waals surface area (Å²) in [6.07, 6.45) is 1.73. The molecule has 21 heavy (non-hydrogen) atoms. The highest BCUT2D eigenvalue weighted by Gasteiger charge is 2.20. The molecule has 2 amide bonds. The zero-order chi connectivity index (χ0) is 15.2. The molecule has 1 aliphatic heterocycles. The summed E-state index contributed by atoms with van der Waals surface area (Å²) in [6.45, 7) is 4.06. The van der Waals surface area contributed by atoms with Gasteiger partial charge in [0.2, 0.25) is 0 Å². The molecule has 0 bridgehead atoms. The van der Waals surface area contributed by atoms with Crippen LogP contribution in [0.15, 0.2) is 18.2 Å². The third kappa shape index (κ3) is 4.62. The molecule has 1 aliphatic rings. The first-order valence-electron chi connectivity index (χ1n) is 7.01. The molecular formula is C15H19ClN4O. The lowest BCUT2D eigenvalue weighted by Crippen LogP contribution is -2.46. The topological polar surface area (TPSA) is 68.2 Å². The van der Waals surface area contributed by atoms with Crippen LogP contribution in [0.4, 0.5) is 10.5 Å². The lowest BCUT2D eigenvalue weighted by atomic mass is 10.1. The molecule has 5 nitrogen and oxygen atoms in total. The van der Waals surface area contributed by atoms with E-state index in [1.165, 1.54) is 0 Å². The Hall–Kier alpha value is -1.77. The maximum Gasteiger partial charge on any atom is 0.319 e. The highest BCUT2D eigenvalue weighted by molar-refractivity contribution is 6.31. The Morgan fingerprint density at radius 3 is 2.81 bits per heavy atom. The number of nitriles is 1. The number of anilines is 1. The molecule has 1 saturated heterocycles. The molecule has 1 heterocycles. The molecule has 6 heteroatoms. The van der Waals surface area contributed by atoms with Gasteiger partial charge in [0.15, 0.2) is 0 Å². The maximum absolute atomic E-state index is 12.0. The maximum atomic E-state index is 12.0. The number of halogens is 1. The van der Waals surface area contributed by atoms with Gasteiger partial charge < -0.3 is 10.6 Å². The minimum atomic E-state index is -0.214. The summed E-state index contributed by atoms with van der Waals surface area (Å²) in [4.78, 5) is 14.0. The minimum Gasteiger partial charge on any atom is -0.335 e. The van der Waals surface area contributed by atoms with Gasteiger partial charge in [-0.3, -0.25) is 4.90 Å². The summed E-state index contributed by atoms with van der Waals surface area (Å²) in [5.41, 5.74) is 1.66. The van der Waals surface area contributed by atoms with E-state index < -0.39 is 0 Å². The van der Waals surface area contributed by atoms with Crippen molar-refractivity contribution >= 4 is 23.3 Å². The number of hydrogen-bond acceptors (Lipinski definition) is 3. The summed E-state index contributed by atoms with van der Waals surface area (Å²) in [5.74, 6) is 0. The fourth-order valence-electron chi connectivity index (χ4n) is 2.36. The van der Waals surface area contributed by atoms with Crippen LogP contribution in [-0.4, -0.2) is 36.6 Å². The Balaban J connectivity index is 1.80. The lowest BCUT2D eigenvalue weighted by Gasteiger charge is -2.30. The monoisotopic (exact) mass is 306 g/mol. The van der Waals surface area contributed by atoms with Gasteiger partial charge in [-0.1, -0.05) is 17.7 Å². The second-order valence-electron chi connectivity index (χ2n) is 5.27. The van der Waals surface area contributed by atoms with Crippen molar-refractivity contribution in [3.63, 3.8) is 0 Å². The van der Waals surface area contributed by atoms with E-state index in [0.29, 0.717) is 17.3 Å². The Bertz CT molecular complexity index is 547. The third-order valence-electron chi connectivity index (χ3n) is 3.65. The Kier molecular flexibility index (Phi) is 5.43. The number of rotatable bonds is 3. The van der Waals surface area contributed by atoms with E-state index >= 15 is 0 Å². The van der Waals surface area contributed by atoms with Crippen LogP contribution in [0.5, 0.6) is 0 Å². The van der Waals surface area contributed by atoms with Crippen LogP contribution in [0.25, 0.3) is 0 Å². The van der Waals surface area contributed by atoms with E-state index in [1.54, 1.807) is 6.07 Å². The van der Waals surface area contributed by atoms with Crippen molar-refractivity contribution < 1.29 is 4.79 Å². The summed E-state index contributed by atoms with van der Waals surface area (Å²) < 4.78 is 0. The normalized spacial score (nSPS) is 16.2. The molecule has 0 atom stereocenters. The predicted molar refractivity (Wildman–Crippen MR) is 83.4 cm³/mol. The molecule has 0 saturated carbocycles. The van der Waals surface area contributed by atoms with Crippen LogP contribution in [0.2, 0.25) is 5.02 Å². The number of carbonyl (C=O) groups excluding carboxylic acids is 1. The summed E-state index contributed by atoms with van der Waals surface area (Å²) in [6, 6.07) is 7.53. The second kappa shape index (κ2) is 7.30. The van der Waals surface area contributed by atoms with Gasteiger partial charge in [0.25, 0.3) is 0 Å². The summed E-state index contributed by atoms with van der Waals surface area (Å²) >= 11 is 6.03. The average Bonchev–Trinajstić information content (AvgIpc) is 2.45. The highest BCUT2D eigenvalue weighted by atomic mass is 35.5. The zero-order valence-corrected chi connectivity index (χ0v) is 12.8. The van der Waals surface area contributed by atoms with Crippen molar-refractivity contribution in [1.82, 2.24) is 10.2 Å². The molecule has 0 aromatic heterocycles. The average molecular weight is 307 g/mol. The molecule has 2 rings (SSSR count). The Labute approximate surface area is 129 Å². The number of nitrogens with zero attached hydrogens (tertiary/aromatic N) is 2. The van der Waals surface area contributed by atoms with Crippen molar-refractivity contribution in [2.45, 2.75) is 25.8 Å². The van der Waals surface area contributed by atoms with Gasteiger partial charge >= 0.3 is 6.03 Å². The van der Waals surface area contributed by atoms with E-state index in [0.717, 1.165) is 31.5 Å². The van der Waals surface area contributed by atoms with Crippen molar-refractivity contribution in [2.75, 3.05) is 25.0 Å². The van der Waals surface area contributed by atoms with Gasteiger partial charge in [-0.25, -0.2) is 4.79 Å². The van der Waals surface area contributed by atoms with Gasteiger partial charge in [-0.15, -0.1) is 0 Å². The third-order valence-corrected chi connectivity index (χ3v) is 4.05. The number of benzene rings is 1. The predicted octanol–water partition coefficient (Wildman–Crippen LogP) is 2.76. The highest BCUT2D eigenvalue weighted by Crippen LogP contribution is 2.20. The molecule has 0 radical (unpaired) electrons. The standard InChI is InChI=1S/C15H19ClN4O/c1-11-2-3-13(10-14(11)16)19-15(21)18-12-4-7-20(8-5-12)9-6-17/h2-3,10,12H,4-5,7-9H2,1H3,(H2,18,19,21). The van der Waals surface area contributed by atoms with Gasteiger partial charge in [-0.2, -0.15) is 5.26 Å². The molecule has 0 aliphatic carbocycles. The lowest BCUT2D eigenvalue weighted by molar-refractivity contribution is 0.211. The molecule has 1 fully saturated rings. The largest absolute Gasteiger partial charge is 0.335 e. The summed E-state index contributed by atoms with van der Waals surface area (Å²) in [5, 5.41) is 15.0. The number of hydrogen-bond donors (Lipinski definition) is 2. The van der Waals surface area contributed by atoms with Crippen LogP contribution in [0.3, 0.4) is 0 Å². The van der Waals surface area contributed by atoms with E-state index in [2.05, 4.69) is 21.6 Å². The minimum absolute atomic E-state index is 0.154. The number of carbonyl (C=O) groups is 1. The quantitative estimate of drug-likeness (QED) is 0.844. The fraction of sp³-hybridized carbons (Fsp3) is 0.467. The number of piperidine rings is 1. The second-order valence-corrected chi connectivity index (χ2v) is 5.68. The van der Waals surface area contributed by atoms with Crippen LogP contribution < -0.4 is 10.6 Å². The van der Waals surface area contributed by atoms with Crippen LogP contribution >= 0.6 is 11.6 Å². The number of likely N-dealkylation sites (tertiary alicyclic amines) is 1. The first kappa shape index (κ1) is 15.6. The molecule has 2 N–H and O–H groups in total. The van der Waals surface area contributed by atoms with E-state index in [4.69, 9.17) is 16.9 Å². The van der Waals surface area contributed by atoms with Crippen molar-refractivity contribution in [3.05, 3.63) is 28.8 Å². The zero-order valence-electron chi connectivity index (χ0n) is 12.0. The summed E-state index contributed by atoms with van der Waals surface area (Å²) in [7, 11) is 0. The van der Waals surface area contributed by atoms with Crippen LogP contribution in [0, 0.1) is 18.3 Å². The number of amides is 2. The van der Waals surface area contributed by atoms with Gasteiger partial charge in [-0.05, 0) is 37.5 Å². The molecule has 0 spiro atoms. The van der Waals surface area contributed by atoms with Crippen molar-refractivity contribution in [2.24, 2.45) is 0 Å². The Morgan fingerprint density at radius 2 is 2.19 bits per heavy atom. The first-order chi connectivity index (χ1) is 10.1. The molecular weight excluding hydrogens is 288 g/mol. The van der Waals surface area contributed by atoms with Crippen LogP contribution in [0.1, 0.15) is 18.4 Å². The van der Waals surface area contributed by atoms with E-state index in [-0.39, 0.29) is 12.1 Å². The molecule has 1 aromatic rings. The Morgan fingerprint density at radius 1 is 1.48 bits per heavy atom. The first-order valence-corrected chi connectivity index (χ1v) is 7.39. The van der Waals surface area contributed by atoms with Crippen molar-refractivity contribution in [3.8, 4) is 6.07 Å². The van der Waals surface area contributed by atoms with E-state index in [9.17, 15) is 4.79 Å². The van der Waals surface area contributed by atoms with Crippen molar-refractivity contribution in [1.29, 1.82) is 5.26 Å². The molecule has 112 valence electrons.